The van der Waals surface area contributed by atoms with Crippen LogP contribution in [0.2, 0.25) is 0 Å². The van der Waals surface area contributed by atoms with Crippen LogP contribution in [-0.2, 0) is 4.74 Å². The van der Waals surface area contributed by atoms with Crippen molar-refractivity contribution in [3.63, 3.8) is 0 Å². The summed E-state index contributed by atoms with van der Waals surface area (Å²) in [5, 5.41) is 10.1. The van der Waals surface area contributed by atoms with Gasteiger partial charge in [0, 0.05) is 6.61 Å². The summed E-state index contributed by atoms with van der Waals surface area (Å²) < 4.78 is 5.77. The smallest absolute Gasteiger partial charge is 0.101 e. The van der Waals surface area contributed by atoms with E-state index in [0.29, 0.717) is 5.92 Å². The molecule has 0 aromatic carbocycles. The summed E-state index contributed by atoms with van der Waals surface area (Å²) in [6.07, 6.45) is 4.52. The minimum Gasteiger partial charge on any atom is -0.386 e. The molecule has 2 heteroatoms. The van der Waals surface area contributed by atoms with Gasteiger partial charge in [-0.1, -0.05) is 32.4 Å². The lowest BCUT2D eigenvalue weighted by Gasteiger charge is -2.38. The number of hydrogen-bond donors (Lipinski definition) is 1. The van der Waals surface area contributed by atoms with Crippen LogP contribution in [0.25, 0.3) is 0 Å². The predicted octanol–water partition coefficient (Wildman–Crippen LogP) is 2.91. The third-order valence-corrected chi connectivity index (χ3v) is 3.29. The van der Waals surface area contributed by atoms with Gasteiger partial charge in [0.1, 0.15) is 6.10 Å². The largest absolute Gasteiger partial charge is 0.386 e. The second-order valence-corrected chi connectivity index (χ2v) is 5.00. The zero-order valence-electron chi connectivity index (χ0n) is 10.4. The quantitative estimate of drug-likeness (QED) is 0.726. The van der Waals surface area contributed by atoms with Crippen LogP contribution in [0.4, 0.5) is 0 Å². The van der Waals surface area contributed by atoms with Crippen LogP contribution in [0.3, 0.4) is 0 Å². The Hall–Kier alpha value is -0.340. The number of aliphatic hydroxyl groups excluding tert-OH is 1. The predicted molar refractivity (Wildman–Crippen MR) is 62.8 cm³/mol. The first-order valence-electron chi connectivity index (χ1n) is 6.02. The fourth-order valence-corrected chi connectivity index (χ4v) is 1.98. The average molecular weight is 212 g/mol. The van der Waals surface area contributed by atoms with Crippen LogP contribution in [0, 0.1) is 5.92 Å². The molecule has 1 aliphatic carbocycles. The minimum atomic E-state index is -0.449. The van der Waals surface area contributed by atoms with E-state index >= 15 is 0 Å². The normalized spacial score (nSPS) is 31.9. The van der Waals surface area contributed by atoms with Crippen molar-refractivity contribution in [3.05, 3.63) is 11.6 Å². The molecule has 0 bridgehead atoms. The number of hydrogen-bond acceptors (Lipinski definition) is 2. The highest BCUT2D eigenvalue weighted by atomic mass is 16.5. The standard InChI is InChI=1S/C13H24O2/c1-5-8-15-13(4)7-6-11(10(2)3)9-12(13)14/h9-10,12,14H,5-8H2,1-4H3. The maximum absolute atomic E-state index is 10.1. The lowest BCUT2D eigenvalue weighted by atomic mass is 9.81. The van der Waals surface area contributed by atoms with Crippen molar-refractivity contribution >= 4 is 0 Å². The molecule has 2 atom stereocenters. The molecule has 0 saturated carbocycles. The second-order valence-electron chi connectivity index (χ2n) is 5.00. The molecule has 0 aromatic heterocycles. The minimum absolute atomic E-state index is 0.367. The number of ether oxygens (including phenoxy) is 1. The molecule has 0 heterocycles. The molecule has 0 fully saturated rings. The van der Waals surface area contributed by atoms with E-state index in [-0.39, 0.29) is 5.60 Å². The van der Waals surface area contributed by atoms with Crippen molar-refractivity contribution in [1.29, 1.82) is 0 Å². The van der Waals surface area contributed by atoms with Gasteiger partial charge in [-0.05, 0) is 32.1 Å². The van der Waals surface area contributed by atoms with E-state index in [9.17, 15) is 5.11 Å². The van der Waals surface area contributed by atoms with Crippen molar-refractivity contribution in [1.82, 2.24) is 0 Å². The van der Waals surface area contributed by atoms with Gasteiger partial charge in [0.25, 0.3) is 0 Å². The van der Waals surface area contributed by atoms with Gasteiger partial charge in [-0.3, -0.25) is 0 Å². The van der Waals surface area contributed by atoms with Crippen LogP contribution in [-0.4, -0.2) is 23.4 Å². The first kappa shape index (κ1) is 12.7. The zero-order chi connectivity index (χ0) is 11.5. The Kier molecular flexibility index (Phi) is 4.35. The molecule has 0 amide bonds. The molecule has 1 N–H and O–H groups in total. The van der Waals surface area contributed by atoms with Gasteiger partial charge < -0.3 is 9.84 Å². The Morgan fingerprint density at radius 3 is 2.73 bits per heavy atom. The molecule has 2 nitrogen and oxygen atoms in total. The lowest BCUT2D eigenvalue weighted by molar-refractivity contribution is -0.104. The average Bonchev–Trinajstić information content (AvgIpc) is 2.19. The monoisotopic (exact) mass is 212 g/mol. The Labute approximate surface area is 93.3 Å². The Balaban J connectivity index is 2.66. The van der Waals surface area contributed by atoms with Crippen molar-refractivity contribution in [3.8, 4) is 0 Å². The molecule has 88 valence electrons. The van der Waals surface area contributed by atoms with E-state index in [0.717, 1.165) is 25.9 Å². The summed E-state index contributed by atoms with van der Waals surface area (Å²) in [5.74, 6) is 0.537. The lowest BCUT2D eigenvalue weighted by Crippen LogP contribution is -2.44. The van der Waals surface area contributed by atoms with Gasteiger partial charge in [-0.15, -0.1) is 0 Å². The molecule has 15 heavy (non-hydrogen) atoms. The topological polar surface area (TPSA) is 29.5 Å². The van der Waals surface area contributed by atoms with E-state index in [2.05, 4.69) is 20.8 Å². The van der Waals surface area contributed by atoms with Gasteiger partial charge in [-0.2, -0.15) is 0 Å². The summed E-state index contributed by atoms with van der Waals surface area (Å²) in [4.78, 5) is 0. The van der Waals surface area contributed by atoms with Crippen LogP contribution >= 0.6 is 0 Å². The van der Waals surface area contributed by atoms with Gasteiger partial charge in [0.15, 0.2) is 0 Å². The van der Waals surface area contributed by atoms with Crippen LogP contribution in [0.5, 0.6) is 0 Å². The number of allylic oxidation sites excluding steroid dienone is 1. The maximum atomic E-state index is 10.1. The fourth-order valence-electron chi connectivity index (χ4n) is 1.98. The summed E-state index contributed by atoms with van der Waals surface area (Å²) in [6, 6.07) is 0. The first-order chi connectivity index (χ1) is 6.99. The summed E-state index contributed by atoms with van der Waals surface area (Å²) in [5.41, 5.74) is 0.995. The number of aliphatic hydroxyl groups is 1. The highest BCUT2D eigenvalue weighted by Crippen LogP contribution is 2.33. The molecular formula is C13H24O2. The van der Waals surface area contributed by atoms with Crippen LogP contribution in [0.1, 0.15) is 47.0 Å². The molecule has 0 radical (unpaired) electrons. The Morgan fingerprint density at radius 1 is 1.60 bits per heavy atom. The number of rotatable bonds is 4. The fraction of sp³-hybridized carbons (Fsp3) is 0.846. The van der Waals surface area contributed by atoms with Gasteiger partial charge >= 0.3 is 0 Å². The molecule has 0 spiro atoms. The first-order valence-corrected chi connectivity index (χ1v) is 6.02. The van der Waals surface area contributed by atoms with E-state index in [1.165, 1.54) is 5.57 Å². The highest BCUT2D eigenvalue weighted by Gasteiger charge is 2.36. The van der Waals surface area contributed by atoms with Crippen molar-refractivity contribution in [2.24, 2.45) is 5.92 Å². The van der Waals surface area contributed by atoms with E-state index in [1.807, 2.05) is 13.0 Å². The van der Waals surface area contributed by atoms with Crippen molar-refractivity contribution < 1.29 is 9.84 Å². The van der Waals surface area contributed by atoms with Gasteiger partial charge in [-0.25, -0.2) is 0 Å². The zero-order valence-corrected chi connectivity index (χ0v) is 10.4. The maximum Gasteiger partial charge on any atom is 0.101 e. The van der Waals surface area contributed by atoms with Crippen molar-refractivity contribution in [2.75, 3.05) is 6.61 Å². The van der Waals surface area contributed by atoms with Crippen LogP contribution in [0.15, 0.2) is 11.6 Å². The Morgan fingerprint density at radius 2 is 2.27 bits per heavy atom. The SMILES string of the molecule is CCCOC1(C)CCC(C(C)C)=CC1O. The third-order valence-electron chi connectivity index (χ3n) is 3.29. The highest BCUT2D eigenvalue weighted by molar-refractivity contribution is 5.16. The molecule has 1 rings (SSSR count). The molecule has 0 saturated heterocycles. The third kappa shape index (κ3) is 3.05. The molecule has 1 aliphatic rings. The molecule has 0 aliphatic heterocycles. The van der Waals surface area contributed by atoms with E-state index in [4.69, 9.17) is 4.74 Å². The Bertz CT molecular complexity index is 233. The van der Waals surface area contributed by atoms with Crippen LogP contribution < -0.4 is 0 Å². The summed E-state index contributed by atoms with van der Waals surface area (Å²) in [6.45, 7) is 9.19. The molecular weight excluding hydrogens is 188 g/mol. The molecule has 2 unspecified atom stereocenters. The van der Waals surface area contributed by atoms with Gasteiger partial charge in [0.2, 0.25) is 0 Å². The van der Waals surface area contributed by atoms with E-state index < -0.39 is 6.10 Å². The van der Waals surface area contributed by atoms with Gasteiger partial charge in [0.05, 0.1) is 5.60 Å². The summed E-state index contributed by atoms with van der Waals surface area (Å²) in [7, 11) is 0. The van der Waals surface area contributed by atoms with E-state index in [1.54, 1.807) is 0 Å². The molecule has 0 aromatic rings. The second kappa shape index (κ2) is 5.13. The van der Waals surface area contributed by atoms with Crippen molar-refractivity contribution in [2.45, 2.75) is 58.7 Å². The summed E-state index contributed by atoms with van der Waals surface area (Å²) >= 11 is 0.